The molecule has 2 saturated carbocycles. The van der Waals surface area contributed by atoms with Crippen LogP contribution >= 0.6 is 0 Å². The fourth-order valence-corrected chi connectivity index (χ4v) is 7.73. The van der Waals surface area contributed by atoms with E-state index in [9.17, 15) is 0 Å². The van der Waals surface area contributed by atoms with Crippen LogP contribution in [0.5, 0.6) is 0 Å². The third-order valence-corrected chi connectivity index (χ3v) is 10.0. The van der Waals surface area contributed by atoms with Gasteiger partial charge in [-0.3, -0.25) is 4.99 Å². The van der Waals surface area contributed by atoms with Crippen LogP contribution in [0.3, 0.4) is 0 Å². The molecule has 0 heterocycles. The maximum absolute atomic E-state index is 5.93. The van der Waals surface area contributed by atoms with E-state index in [0.29, 0.717) is 31.9 Å². The van der Waals surface area contributed by atoms with Gasteiger partial charge >= 0.3 is 8.80 Å². The molecular formula is C26H55N5O3Si. The highest BCUT2D eigenvalue weighted by Gasteiger charge is 2.39. The zero-order valence-electron chi connectivity index (χ0n) is 23.0. The number of nitrogens with one attached hydrogen (secondary N) is 4. The minimum atomic E-state index is -2.51. The molecule has 0 radical (unpaired) electrons. The summed E-state index contributed by atoms with van der Waals surface area (Å²) in [6, 6.07) is 2.04. The lowest BCUT2D eigenvalue weighted by molar-refractivity contribution is 0.0708. The Hall–Kier alpha value is -0.713. The molecule has 0 saturated heterocycles. The monoisotopic (exact) mass is 513 g/mol. The smallest absolute Gasteiger partial charge is 0.374 e. The average molecular weight is 514 g/mol. The lowest BCUT2D eigenvalue weighted by Crippen LogP contribution is -2.48. The van der Waals surface area contributed by atoms with Gasteiger partial charge in [-0.25, -0.2) is 0 Å². The van der Waals surface area contributed by atoms with Crippen LogP contribution in [0.1, 0.15) is 91.4 Å². The number of aliphatic imine (C=N–C) groups is 1. The first-order valence-corrected chi connectivity index (χ1v) is 16.5. The van der Waals surface area contributed by atoms with Crippen LogP contribution in [0, 0.1) is 0 Å². The van der Waals surface area contributed by atoms with Crippen molar-refractivity contribution in [3.8, 4) is 0 Å². The van der Waals surface area contributed by atoms with Gasteiger partial charge in [0.25, 0.3) is 0 Å². The van der Waals surface area contributed by atoms with Gasteiger partial charge in [-0.15, -0.1) is 0 Å². The second-order valence-electron chi connectivity index (χ2n) is 9.77. The van der Waals surface area contributed by atoms with Gasteiger partial charge < -0.3 is 34.5 Å². The Bertz CT molecular complexity index is 504. The van der Waals surface area contributed by atoms with E-state index in [-0.39, 0.29) is 0 Å². The summed E-state index contributed by atoms with van der Waals surface area (Å²) in [7, 11) is -2.51. The predicted molar refractivity (Wildman–Crippen MR) is 148 cm³/mol. The molecule has 9 heteroatoms. The van der Waals surface area contributed by atoms with Crippen molar-refractivity contribution < 1.29 is 13.3 Å². The molecule has 0 aromatic heterocycles. The fraction of sp³-hybridized carbons (Fsp3) is 0.962. The quantitative estimate of drug-likeness (QED) is 0.0959. The van der Waals surface area contributed by atoms with Gasteiger partial charge in [-0.05, 0) is 59.4 Å². The van der Waals surface area contributed by atoms with Crippen molar-refractivity contribution in [3.05, 3.63) is 0 Å². The van der Waals surface area contributed by atoms with Crippen molar-refractivity contribution in [2.24, 2.45) is 4.99 Å². The highest BCUT2D eigenvalue weighted by Crippen LogP contribution is 2.19. The van der Waals surface area contributed by atoms with E-state index in [0.717, 1.165) is 51.1 Å². The van der Waals surface area contributed by atoms with Crippen molar-refractivity contribution in [1.29, 1.82) is 0 Å². The van der Waals surface area contributed by atoms with Crippen LogP contribution < -0.4 is 21.3 Å². The van der Waals surface area contributed by atoms with Gasteiger partial charge in [0.2, 0.25) is 0 Å². The summed E-state index contributed by atoms with van der Waals surface area (Å²) in [4.78, 5) is 4.91. The van der Waals surface area contributed by atoms with Gasteiger partial charge in [0.1, 0.15) is 0 Å². The molecule has 4 N–H and O–H groups in total. The van der Waals surface area contributed by atoms with Crippen LogP contribution in [-0.2, 0) is 13.3 Å². The topological polar surface area (TPSA) is 88.2 Å². The Labute approximate surface area is 216 Å². The Morgan fingerprint density at radius 3 is 1.66 bits per heavy atom. The molecule has 0 atom stereocenters. The molecule has 0 unspecified atom stereocenters. The summed E-state index contributed by atoms with van der Waals surface area (Å²) in [6.07, 6.45) is 14.2. The van der Waals surface area contributed by atoms with E-state index < -0.39 is 8.80 Å². The highest BCUT2D eigenvalue weighted by atomic mass is 28.4. The molecule has 0 aromatic rings. The molecule has 2 aliphatic carbocycles. The first kappa shape index (κ1) is 30.5. The van der Waals surface area contributed by atoms with E-state index in [4.69, 9.17) is 18.3 Å². The number of hydrogen-bond donors (Lipinski definition) is 4. The van der Waals surface area contributed by atoms with Gasteiger partial charge in [-0.1, -0.05) is 38.5 Å². The van der Waals surface area contributed by atoms with Crippen LogP contribution in [0.4, 0.5) is 0 Å². The molecule has 8 nitrogen and oxygen atoms in total. The van der Waals surface area contributed by atoms with E-state index in [1.165, 1.54) is 64.2 Å². The highest BCUT2D eigenvalue weighted by molar-refractivity contribution is 6.60. The van der Waals surface area contributed by atoms with Gasteiger partial charge in [-0.2, -0.15) is 0 Å². The first-order valence-electron chi connectivity index (χ1n) is 14.6. The molecule has 2 aliphatic rings. The Morgan fingerprint density at radius 1 is 0.686 bits per heavy atom. The minimum absolute atomic E-state index is 0.589. The summed E-state index contributed by atoms with van der Waals surface area (Å²) >= 11 is 0. The molecular weight excluding hydrogens is 458 g/mol. The van der Waals surface area contributed by atoms with Gasteiger partial charge in [0, 0.05) is 57.6 Å². The zero-order chi connectivity index (χ0) is 25.0. The summed E-state index contributed by atoms with van der Waals surface area (Å²) in [5.74, 6) is 1.04. The fourth-order valence-electron chi connectivity index (χ4n) is 5.12. The van der Waals surface area contributed by atoms with Gasteiger partial charge in [0.05, 0.1) is 6.54 Å². The molecule has 0 amide bonds. The maximum Gasteiger partial charge on any atom is 0.500 e. The Morgan fingerprint density at radius 2 is 1.17 bits per heavy atom. The predicted octanol–water partition coefficient (Wildman–Crippen LogP) is 3.80. The Kier molecular flexibility index (Phi) is 16.9. The van der Waals surface area contributed by atoms with E-state index in [1.807, 2.05) is 20.8 Å². The number of rotatable bonds is 18. The third kappa shape index (κ3) is 13.4. The number of guanidine groups is 1. The molecule has 2 fully saturated rings. The maximum atomic E-state index is 5.93. The molecule has 206 valence electrons. The second kappa shape index (κ2) is 19.4. The minimum Gasteiger partial charge on any atom is -0.374 e. The zero-order valence-corrected chi connectivity index (χ0v) is 24.0. The summed E-state index contributed by atoms with van der Waals surface area (Å²) in [5.41, 5.74) is 0. The lowest BCUT2D eigenvalue weighted by atomic mass is 9.95. The number of nitrogens with zero attached hydrogens (tertiary/aromatic N) is 1. The summed E-state index contributed by atoms with van der Waals surface area (Å²) < 4.78 is 17.8. The second-order valence-corrected chi connectivity index (χ2v) is 12.5. The van der Waals surface area contributed by atoms with Crippen LogP contribution in [0.2, 0.25) is 6.04 Å². The normalized spacial score (nSPS) is 17.9. The largest absolute Gasteiger partial charge is 0.500 e. The van der Waals surface area contributed by atoms with Crippen molar-refractivity contribution in [2.75, 3.05) is 52.5 Å². The first-order chi connectivity index (χ1) is 17.2. The third-order valence-electron chi connectivity index (χ3n) is 6.86. The molecule has 0 spiro atoms. The molecule has 0 aliphatic heterocycles. The molecule has 0 aromatic carbocycles. The summed E-state index contributed by atoms with van der Waals surface area (Å²) in [5, 5.41) is 14.5. The standard InChI is InChI=1S/C26H55N5O3Si/c1-4-32-35(33-5-2,34-6-3)23-13-18-27-19-20-28-21-22-29-26(30-24-14-9-7-10-15-24)31-25-16-11-8-12-17-25/h24-25,27-28H,4-23H2,1-3H3,(H2,29,30,31). The summed E-state index contributed by atoms with van der Waals surface area (Å²) in [6.45, 7) is 12.5. The lowest BCUT2D eigenvalue weighted by Gasteiger charge is -2.29. The average Bonchev–Trinajstić information content (AvgIpc) is 2.87. The van der Waals surface area contributed by atoms with E-state index in [2.05, 4.69) is 21.3 Å². The molecule has 0 bridgehead atoms. The van der Waals surface area contributed by atoms with E-state index in [1.54, 1.807) is 0 Å². The SMILES string of the molecule is CCO[Si](CCCNCCNCCN=C(NC1CCCCC1)NC1CCCCC1)(OCC)OCC. The van der Waals surface area contributed by atoms with Crippen LogP contribution in [0.15, 0.2) is 4.99 Å². The van der Waals surface area contributed by atoms with Crippen molar-refractivity contribution >= 4 is 14.8 Å². The molecule has 35 heavy (non-hydrogen) atoms. The van der Waals surface area contributed by atoms with Gasteiger partial charge in [0.15, 0.2) is 5.96 Å². The van der Waals surface area contributed by atoms with E-state index >= 15 is 0 Å². The number of hydrogen-bond acceptors (Lipinski definition) is 6. The van der Waals surface area contributed by atoms with Crippen LogP contribution in [0.25, 0.3) is 0 Å². The molecule has 2 rings (SSSR count). The van der Waals surface area contributed by atoms with Crippen molar-refractivity contribution in [3.63, 3.8) is 0 Å². The van der Waals surface area contributed by atoms with Crippen molar-refractivity contribution in [1.82, 2.24) is 21.3 Å². The van der Waals surface area contributed by atoms with Crippen molar-refractivity contribution in [2.45, 2.75) is 110 Å². The Balaban J connectivity index is 1.60. The van der Waals surface area contributed by atoms with Crippen LogP contribution in [-0.4, -0.2) is 79.4 Å².